The predicted molar refractivity (Wildman–Crippen MR) is 109 cm³/mol. The number of fused-ring (bicyclic) bond motifs is 2. The topological polar surface area (TPSA) is 79.4 Å². The van der Waals surface area contributed by atoms with Crippen LogP contribution in [0.1, 0.15) is 44.7 Å². The molecule has 2 aromatic carbocycles. The zero-order valence-electron chi connectivity index (χ0n) is 15.6. The summed E-state index contributed by atoms with van der Waals surface area (Å²) in [5.41, 5.74) is 4.04. The number of rotatable bonds is 5. The molecular weight excluding hydrogens is 374 g/mol. The molecule has 7 heteroatoms. The van der Waals surface area contributed by atoms with Gasteiger partial charge in [0, 0.05) is 13.0 Å². The molecule has 0 saturated heterocycles. The van der Waals surface area contributed by atoms with Crippen LogP contribution in [0.25, 0.3) is 10.2 Å². The van der Waals surface area contributed by atoms with E-state index in [9.17, 15) is 14.4 Å². The lowest BCUT2D eigenvalue weighted by Gasteiger charge is -2.13. The molecule has 0 aliphatic carbocycles. The molecule has 0 unspecified atom stereocenters. The molecule has 1 aliphatic rings. The quantitative estimate of drug-likeness (QED) is 0.666. The van der Waals surface area contributed by atoms with Gasteiger partial charge >= 0.3 is 0 Å². The molecule has 4 rings (SSSR count). The number of benzene rings is 2. The fourth-order valence-electron chi connectivity index (χ4n) is 3.30. The maximum absolute atomic E-state index is 12.3. The Morgan fingerprint density at radius 2 is 1.75 bits per heavy atom. The van der Waals surface area contributed by atoms with Crippen LogP contribution in [0.3, 0.4) is 0 Å². The maximum Gasteiger partial charge on any atom is 0.261 e. The lowest BCUT2D eigenvalue weighted by Crippen LogP contribution is -2.31. The number of hydrogen-bond donors (Lipinski definition) is 1. The van der Waals surface area contributed by atoms with Crippen LogP contribution in [0.5, 0.6) is 0 Å². The lowest BCUT2D eigenvalue weighted by molar-refractivity contribution is -0.116. The van der Waals surface area contributed by atoms with Gasteiger partial charge in [-0.3, -0.25) is 19.3 Å². The van der Waals surface area contributed by atoms with Gasteiger partial charge in [-0.2, -0.15) is 0 Å². The van der Waals surface area contributed by atoms with Gasteiger partial charge in [-0.1, -0.05) is 29.5 Å². The molecule has 0 fully saturated rings. The minimum absolute atomic E-state index is 0.176. The number of aryl methyl sites for hydroxylation is 2. The summed E-state index contributed by atoms with van der Waals surface area (Å²) in [4.78, 5) is 42.6. The van der Waals surface area contributed by atoms with Crippen LogP contribution in [0.4, 0.5) is 5.13 Å². The van der Waals surface area contributed by atoms with E-state index in [0.717, 1.165) is 21.3 Å². The normalized spacial score (nSPS) is 13.3. The summed E-state index contributed by atoms with van der Waals surface area (Å²) in [5, 5.41) is 3.39. The molecule has 3 amide bonds. The summed E-state index contributed by atoms with van der Waals surface area (Å²) in [6.07, 6.45) is 0.613. The van der Waals surface area contributed by atoms with Gasteiger partial charge in [0.05, 0.1) is 21.3 Å². The first-order valence-electron chi connectivity index (χ1n) is 9.07. The van der Waals surface area contributed by atoms with E-state index in [1.165, 1.54) is 16.2 Å². The van der Waals surface area contributed by atoms with Crippen LogP contribution in [0, 0.1) is 13.8 Å². The Bertz CT molecular complexity index is 1080. The molecule has 142 valence electrons. The largest absolute Gasteiger partial charge is 0.302 e. The summed E-state index contributed by atoms with van der Waals surface area (Å²) in [6, 6.07) is 10.8. The summed E-state index contributed by atoms with van der Waals surface area (Å²) >= 11 is 1.44. The number of aromatic nitrogens is 1. The van der Waals surface area contributed by atoms with Gasteiger partial charge in [-0.15, -0.1) is 0 Å². The standard InChI is InChI=1S/C21H19N3O3S/c1-12-9-10-16-18(13(12)2)23-21(28-16)22-17(25)8-5-11-24-19(26)14-6-3-4-7-15(14)20(24)27/h3-4,6-7,9-10H,5,8,11H2,1-2H3,(H,22,23,25). The van der Waals surface area contributed by atoms with Crippen molar-refractivity contribution < 1.29 is 14.4 Å². The molecule has 1 N–H and O–H groups in total. The van der Waals surface area contributed by atoms with Crippen molar-refractivity contribution >= 4 is 44.4 Å². The fraction of sp³-hybridized carbons (Fsp3) is 0.238. The Balaban J connectivity index is 1.35. The number of carbonyl (C=O) groups excluding carboxylic acids is 3. The van der Waals surface area contributed by atoms with Crippen LogP contribution in [-0.2, 0) is 4.79 Å². The van der Waals surface area contributed by atoms with Gasteiger partial charge in [0.2, 0.25) is 5.91 Å². The van der Waals surface area contributed by atoms with E-state index in [2.05, 4.69) is 10.3 Å². The number of imide groups is 1. The fourth-order valence-corrected chi connectivity index (χ4v) is 4.24. The number of anilines is 1. The lowest BCUT2D eigenvalue weighted by atomic mass is 10.1. The van der Waals surface area contributed by atoms with Crippen molar-refractivity contribution in [3.8, 4) is 0 Å². The molecule has 1 aromatic heterocycles. The van der Waals surface area contributed by atoms with E-state index in [1.54, 1.807) is 24.3 Å². The van der Waals surface area contributed by atoms with Crippen molar-refractivity contribution in [2.75, 3.05) is 11.9 Å². The van der Waals surface area contributed by atoms with Gasteiger partial charge < -0.3 is 5.32 Å². The van der Waals surface area contributed by atoms with E-state index >= 15 is 0 Å². The van der Waals surface area contributed by atoms with Crippen LogP contribution in [0.15, 0.2) is 36.4 Å². The minimum Gasteiger partial charge on any atom is -0.302 e. The molecule has 0 saturated carbocycles. The zero-order valence-corrected chi connectivity index (χ0v) is 16.4. The third-order valence-electron chi connectivity index (χ3n) is 4.99. The Kier molecular flexibility index (Phi) is 4.68. The first-order valence-corrected chi connectivity index (χ1v) is 9.89. The third-order valence-corrected chi connectivity index (χ3v) is 5.93. The van der Waals surface area contributed by atoms with E-state index in [0.29, 0.717) is 22.7 Å². The van der Waals surface area contributed by atoms with Gasteiger partial charge in [0.15, 0.2) is 5.13 Å². The number of hydrogen-bond acceptors (Lipinski definition) is 5. The van der Waals surface area contributed by atoms with E-state index in [1.807, 2.05) is 26.0 Å². The van der Waals surface area contributed by atoms with E-state index < -0.39 is 0 Å². The van der Waals surface area contributed by atoms with Crippen molar-refractivity contribution in [2.24, 2.45) is 0 Å². The van der Waals surface area contributed by atoms with Crippen molar-refractivity contribution in [3.05, 3.63) is 58.7 Å². The Labute approximate surface area is 166 Å². The number of nitrogens with one attached hydrogen (secondary N) is 1. The van der Waals surface area contributed by atoms with Gasteiger partial charge in [0.25, 0.3) is 11.8 Å². The molecule has 1 aliphatic heterocycles. The van der Waals surface area contributed by atoms with E-state index in [4.69, 9.17) is 0 Å². The number of carbonyl (C=O) groups is 3. The molecule has 28 heavy (non-hydrogen) atoms. The SMILES string of the molecule is Cc1ccc2sc(NC(=O)CCCN3C(=O)c4ccccc4C3=O)nc2c1C. The van der Waals surface area contributed by atoms with Gasteiger partial charge in [-0.25, -0.2) is 4.98 Å². The summed E-state index contributed by atoms with van der Waals surface area (Å²) in [6.45, 7) is 4.27. The Morgan fingerprint density at radius 3 is 2.43 bits per heavy atom. The first kappa shape index (κ1) is 18.3. The highest BCUT2D eigenvalue weighted by Gasteiger charge is 2.34. The van der Waals surface area contributed by atoms with Crippen LogP contribution in [-0.4, -0.2) is 34.2 Å². The molecular formula is C21H19N3O3S. The average molecular weight is 393 g/mol. The average Bonchev–Trinajstić information content (AvgIpc) is 3.20. The number of thiazole rings is 1. The van der Waals surface area contributed by atoms with Crippen LogP contribution < -0.4 is 5.32 Å². The van der Waals surface area contributed by atoms with Gasteiger partial charge in [0.1, 0.15) is 0 Å². The number of amides is 3. The zero-order chi connectivity index (χ0) is 19.8. The highest BCUT2D eigenvalue weighted by molar-refractivity contribution is 7.22. The van der Waals surface area contributed by atoms with E-state index in [-0.39, 0.29) is 30.7 Å². The second kappa shape index (κ2) is 7.16. The number of nitrogens with zero attached hydrogens (tertiary/aromatic N) is 2. The molecule has 0 radical (unpaired) electrons. The van der Waals surface area contributed by atoms with Crippen LogP contribution >= 0.6 is 11.3 Å². The molecule has 6 nitrogen and oxygen atoms in total. The third kappa shape index (κ3) is 3.18. The Morgan fingerprint density at radius 1 is 1.07 bits per heavy atom. The van der Waals surface area contributed by atoms with Gasteiger partial charge in [-0.05, 0) is 49.6 Å². The second-order valence-corrected chi connectivity index (χ2v) is 7.86. The molecule has 2 heterocycles. The second-order valence-electron chi connectivity index (χ2n) is 6.83. The summed E-state index contributed by atoms with van der Waals surface area (Å²) < 4.78 is 1.03. The van der Waals surface area contributed by atoms with Crippen molar-refractivity contribution in [1.82, 2.24) is 9.88 Å². The highest BCUT2D eigenvalue weighted by Crippen LogP contribution is 2.29. The maximum atomic E-state index is 12.3. The molecule has 3 aromatic rings. The van der Waals surface area contributed by atoms with Crippen molar-refractivity contribution in [2.45, 2.75) is 26.7 Å². The Hall–Kier alpha value is -3.06. The van der Waals surface area contributed by atoms with Crippen LogP contribution in [0.2, 0.25) is 0 Å². The first-order chi connectivity index (χ1) is 13.5. The smallest absolute Gasteiger partial charge is 0.261 e. The van der Waals surface area contributed by atoms with Crippen molar-refractivity contribution in [1.29, 1.82) is 0 Å². The minimum atomic E-state index is -0.293. The molecule has 0 spiro atoms. The van der Waals surface area contributed by atoms with Crippen molar-refractivity contribution in [3.63, 3.8) is 0 Å². The summed E-state index contributed by atoms with van der Waals surface area (Å²) in [5.74, 6) is -0.763. The highest BCUT2D eigenvalue weighted by atomic mass is 32.1. The molecule has 0 bridgehead atoms. The predicted octanol–water partition coefficient (Wildman–Crippen LogP) is 3.93. The summed E-state index contributed by atoms with van der Waals surface area (Å²) in [7, 11) is 0. The monoisotopic (exact) mass is 393 g/mol. The molecule has 0 atom stereocenters.